The number of nitrogens with zero attached hydrogens (tertiary/aromatic N) is 2. The first kappa shape index (κ1) is 25.7. The molecule has 2 aliphatic rings. The first-order valence-corrected chi connectivity index (χ1v) is 10.3. The van der Waals surface area contributed by atoms with Gasteiger partial charge >= 0.3 is 6.18 Å². The second-order valence-electron chi connectivity index (χ2n) is 7.67. The molecule has 166 valence electrons. The highest BCUT2D eigenvalue weighted by atomic mass is 127. The highest BCUT2D eigenvalue weighted by Crippen LogP contribution is 2.20. The molecule has 2 N–H and O–H groups in total. The van der Waals surface area contributed by atoms with Gasteiger partial charge < -0.3 is 15.4 Å². The van der Waals surface area contributed by atoms with E-state index in [0.29, 0.717) is 31.6 Å². The van der Waals surface area contributed by atoms with Crippen LogP contribution in [0.2, 0.25) is 0 Å². The van der Waals surface area contributed by atoms with Crippen LogP contribution < -0.4 is 10.6 Å². The Morgan fingerprint density at radius 2 is 1.82 bits per heavy atom. The van der Waals surface area contributed by atoms with Gasteiger partial charge in [0.2, 0.25) is 0 Å². The molecule has 0 amide bonds. The standard InChI is InChI=1S/C19H35F3N4O.HI/c1-23-18(25-16-10-12-26(14-16)15-19(20,21)22)24-11-6-7-13-27-17-8-4-2-3-5-9-17;/h16-17H,2-15H2,1H3,(H2,23,24,25);1H. The van der Waals surface area contributed by atoms with E-state index in [0.717, 1.165) is 26.0 Å². The molecule has 1 atom stereocenters. The van der Waals surface area contributed by atoms with Crippen LogP contribution in [-0.2, 0) is 4.74 Å². The third-order valence-electron chi connectivity index (χ3n) is 5.26. The molecule has 0 spiro atoms. The topological polar surface area (TPSA) is 48.9 Å². The van der Waals surface area contributed by atoms with Gasteiger partial charge in [0.1, 0.15) is 0 Å². The second kappa shape index (κ2) is 13.8. The Morgan fingerprint density at radius 1 is 1.11 bits per heavy atom. The quantitative estimate of drug-likeness (QED) is 0.168. The molecule has 1 saturated heterocycles. The second-order valence-corrected chi connectivity index (χ2v) is 7.67. The molecular formula is C19H36F3IN4O. The summed E-state index contributed by atoms with van der Waals surface area (Å²) < 4.78 is 43.4. The van der Waals surface area contributed by atoms with Gasteiger partial charge in [-0.3, -0.25) is 9.89 Å². The average molecular weight is 520 g/mol. The Kier molecular flexibility index (Phi) is 12.7. The Bertz CT molecular complexity index is 443. The monoisotopic (exact) mass is 520 g/mol. The van der Waals surface area contributed by atoms with Crippen LogP contribution in [0.15, 0.2) is 4.99 Å². The van der Waals surface area contributed by atoms with Crippen molar-refractivity contribution in [3.8, 4) is 0 Å². The third kappa shape index (κ3) is 11.0. The molecule has 28 heavy (non-hydrogen) atoms. The van der Waals surface area contributed by atoms with Crippen LogP contribution >= 0.6 is 24.0 Å². The molecule has 0 bridgehead atoms. The number of ether oxygens (including phenoxy) is 1. The lowest BCUT2D eigenvalue weighted by molar-refractivity contribution is -0.143. The predicted octanol–water partition coefficient (Wildman–Crippen LogP) is 3.93. The molecule has 0 aromatic rings. The van der Waals surface area contributed by atoms with Crippen molar-refractivity contribution in [1.29, 1.82) is 0 Å². The van der Waals surface area contributed by atoms with Gasteiger partial charge in [-0.05, 0) is 32.1 Å². The fraction of sp³-hybridized carbons (Fsp3) is 0.947. The molecule has 2 rings (SSSR count). The number of rotatable bonds is 8. The maximum atomic E-state index is 12.5. The number of halogens is 4. The fourth-order valence-corrected chi connectivity index (χ4v) is 3.83. The minimum absolute atomic E-state index is 0. The van der Waals surface area contributed by atoms with Crippen molar-refractivity contribution in [1.82, 2.24) is 15.5 Å². The van der Waals surface area contributed by atoms with E-state index >= 15 is 0 Å². The third-order valence-corrected chi connectivity index (χ3v) is 5.26. The smallest absolute Gasteiger partial charge is 0.378 e. The lowest BCUT2D eigenvalue weighted by Gasteiger charge is -2.20. The van der Waals surface area contributed by atoms with Crippen molar-refractivity contribution in [2.24, 2.45) is 4.99 Å². The Hall–Kier alpha value is -0.290. The van der Waals surface area contributed by atoms with E-state index in [1.807, 2.05) is 0 Å². The lowest BCUT2D eigenvalue weighted by atomic mass is 10.1. The number of aliphatic imine (C=N–C) groups is 1. The molecule has 1 aliphatic heterocycles. The van der Waals surface area contributed by atoms with Gasteiger partial charge in [0.25, 0.3) is 0 Å². The summed E-state index contributed by atoms with van der Waals surface area (Å²) in [6.07, 6.45) is 6.64. The van der Waals surface area contributed by atoms with Crippen LogP contribution in [0.25, 0.3) is 0 Å². The molecule has 2 fully saturated rings. The predicted molar refractivity (Wildman–Crippen MR) is 117 cm³/mol. The summed E-state index contributed by atoms with van der Waals surface area (Å²) in [6.45, 7) is 1.61. The fourth-order valence-electron chi connectivity index (χ4n) is 3.83. The highest BCUT2D eigenvalue weighted by Gasteiger charge is 2.34. The molecule has 9 heteroatoms. The largest absolute Gasteiger partial charge is 0.401 e. The molecule has 0 aromatic carbocycles. The number of hydrogen-bond donors (Lipinski definition) is 2. The maximum absolute atomic E-state index is 12.5. The summed E-state index contributed by atoms with van der Waals surface area (Å²) >= 11 is 0. The minimum Gasteiger partial charge on any atom is -0.378 e. The van der Waals surface area contributed by atoms with E-state index in [9.17, 15) is 13.2 Å². The lowest BCUT2D eigenvalue weighted by Crippen LogP contribution is -2.45. The maximum Gasteiger partial charge on any atom is 0.401 e. The van der Waals surface area contributed by atoms with E-state index in [4.69, 9.17) is 4.74 Å². The SMILES string of the molecule is CN=C(NCCCCOC1CCCCCC1)NC1CCN(CC(F)(F)F)C1.I. The van der Waals surface area contributed by atoms with Crippen LogP contribution in [0, 0.1) is 0 Å². The zero-order valence-electron chi connectivity index (χ0n) is 16.9. The van der Waals surface area contributed by atoms with Crippen molar-refractivity contribution in [2.75, 3.05) is 39.8 Å². The molecule has 0 radical (unpaired) electrons. The first-order valence-electron chi connectivity index (χ1n) is 10.3. The summed E-state index contributed by atoms with van der Waals surface area (Å²) in [5.74, 6) is 0.665. The van der Waals surface area contributed by atoms with Crippen molar-refractivity contribution >= 4 is 29.9 Å². The van der Waals surface area contributed by atoms with Crippen LogP contribution in [0.3, 0.4) is 0 Å². The molecule has 0 aromatic heterocycles. The van der Waals surface area contributed by atoms with Gasteiger partial charge in [0, 0.05) is 39.3 Å². The molecule has 1 saturated carbocycles. The number of guanidine groups is 1. The molecular weight excluding hydrogens is 484 g/mol. The van der Waals surface area contributed by atoms with Crippen molar-refractivity contribution in [3.63, 3.8) is 0 Å². The van der Waals surface area contributed by atoms with Crippen LogP contribution in [-0.4, -0.2) is 69.0 Å². The first-order chi connectivity index (χ1) is 13.0. The van der Waals surface area contributed by atoms with E-state index < -0.39 is 12.7 Å². The summed E-state index contributed by atoms with van der Waals surface area (Å²) in [5, 5.41) is 6.48. The van der Waals surface area contributed by atoms with E-state index in [2.05, 4.69) is 15.6 Å². The van der Waals surface area contributed by atoms with E-state index in [-0.39, 0.29) is 30.0 Å². The van der Waals surface area contributed by atoms with Gasteiger partial charge in [-0.15, -0.1) is 24.0 Å². The zero-order valence-corrected chi connectivity index (χ0v) is 19.2. The Balaban J connectivity index is 0.00000392. The summed E-state index contributed by atoms with van der Waals surface area (Å²) in [5.41, 5.74) is 0. The molecule has 1 aliphatic carbocycles. The zero-order chi connectivity index (χ0) is 19.5. The molecule has 5 nitrogen and oxygen atoms in total. The minimum atomic E-state index is -4.13. The van der Waals surface area contributed by atoms with Gasteiger partial charge in [0.15, 0.2) is 5.96 Å². The number of unbranched alkanes of at least 4 members (excludes halogenated alkanes) is 1. The van der Waals surface area contributed by atoms with Gasteiger partial charge in [-0.25, -0.2) is 0 Å². The van der Waals surface area contributed by atoms with Crippen molar-refractivity contribution in [2.45, 2.75) is 76.1 Å². The number of likely N-dealkylation sites (tertiary alicyclic amines) is 1. The van der Waals surface area contributed by atoms with Gasteiger partial charge in [0.05, 0.1) is 12.6 Å². The normalized spacial score (nSPS) is 22.6. The number of hydrogen-bond acceptors (Lipinski definition) is 3. The van der Waals surface area contributed by atoms with E-state index in [1.54, 1.807) is 7.05 Å². The Morgan fingerprint density at radius 3 is 2.46 bits per heavy atom. The van der Waals surface area contributed by atoms with Gasteiger partial charge in [-0.1, -0.05) is 25.7 Å². The van der Waals surface area contributed by atoms with Crippen LogP contribution in [0.5, 0.6) is 0 Å². The highest BCUT2D eigenvalue weighted by molar-refractivity contribution is 14.0. The Labute approximate surface area is 184 Å². The van der Waals surface area contributed by atoms with E-state index in [1.165, 1.54) is 43.4 Å². The number of alkyl halides is 3. The summed E-state index contributed by atoms with van der Waals surface area (Å²) in [7, 11) is 1.69. The average Bonchev–Trinajstić information content (AvgIpc) is 2.87. The van der Waals surface area contributed by atoms with Crippen molar-refractivity contribution < 1.29 is 17.9 Å². The molecule has 1 unspecified atom stereocenters. The summed E-state index contributed by atoms with van der Waals surface area (Å²) in [6, 6.07) is 0.0112. The van der Waals surface area contributed by atoms with Crippen LogP contribution in [0.4, 0.5) is 13.2 Å². The summed E-state index contributed by atoms with van der Waals surface area (Å²) in [4.78, 5) is 5.62. The van der Waals surface area contributed by atoms with Crippen molar-refractivity contribution in [3.05, 3.63) is 0 Å². The van der Waals surface area contributed by atoms with Crippen LogP contribution in [0.1, 0.15) is 57.8 Å². The molecule has 1 heterocycles. The van der Waals surface area contributed by atoms with Gasteiger partial charge in [-0.2, -0.15) is 13.2 Å². The number of nitrogens with one attached hydrogen (secondary N) is 2.